The largest absolute Gasteiger partial charge is 0.390 e. The predicted octanol–water partition coefficient (Wildman–Crippen LogP) is 3.94. The molecule has 1 aliphatic heterocycles. The van der Waals surface area contributed by atoms with E-state index in [1.54, 1.807) is 24.3 Å². The Labute approximate surface area is 207 Å². The lowest BCUT2D eigenvalue weighted by molar-refractivity contribution is -0.129. The summed E-state index contributed by atoms with van der Waals surface area (Å²) in [6.07, 6.45) is 1.98. The molecule has 5 atom stereocenters. The van der Waals surface area contributed by atoms with Crippen LogP contribution < -0.4 is 10.2 Å². The molecule has 3 aromatic rings. The maximum atomic E-state index is 14.1. The minimum absolute atomic E-state index is 0.170. The van der Waals surface area contributed by atoms with Crippen LogP contribution in [-0.2, 0) is 4.74 Å². The second kappa shape index (κ2) is 8.34. The van der Waals surface area contributed by atoms with E-state index in [2.05, 4.69) is 15.2 Å². The van der Waals surface area contributed by atoms with E-state index < -0.39 is 12.0 Å². The van der Waals surface area contributed by atoms with Gasteiger partial charge in [0.05, 0.1) is 29.8 Å². The molecule has 3 heterocycles. The number of fused-ring (bicyclic) bond motifs is 1. The molecule has 10 heteroatoms. The molecule has 4 saturated carbocycles. The number of rotatable bonds is 5. The number of ether oxygens (including phenoxy) is 1. The number of nitrogens with zero attached hydrogens (tertiary/aromatic N) is 5. The first kappa shape index (κ1) is 22.4. The van der Waals surface area contributed by atoms with Gasteiger partial charge in [-0.2, -0.15) is 9.97 Å². The van der Waals surface area contributed by atoms with Crippen LogP contribution in [0.1, 0.15) is 44.4 Å². The second-order valence-electron chi connectivity index (χ2n) is 11.0. The fraction of sp³-hybridized carbons (Fsp3) is 0.577. The van der Waals surface area contributed by atoms with Gasteiger partial charge in [0.15, 0.2) is 5.82 Å². The lowest BCUT2D eigenvalue weighted by atomic mass is 9.52. The molecule has 4 bridgehead atoms. The Morgan fingerprint density at radius 1 is 1.00 bits per heavy atom. The van der Waals surface area contributed by atoms with Crippen molar-refractivity contribution in [3.63, 3.8) is 0 Å². The van der Waals surface area contributed by atoms with Crippen molar-refractivity contribution in [1.82, 2.24) is 19.5 Å². The maximum Gasteiger partial charge on any atom is 0.296 e. The van der Waals surface area contributed by atoms with Crippen LogP contribution in [0, 0.1) is 17.8 Å². The van der Waals surface area contributed by atoms with Crippen LogP contribution in [0.25, 0.3) is 16.9 Å². The first-order chi connectivity index (χ1) is 17.5. The summed E-state index contributed by atoms with van der Waals surface area (Å²) in [5.41, 5.74) is 0.559. The normalized spacial score (nSPS) is 31.5. The predicted molar refractivity (Wildman–Crippen MR) is 131 cm³/mol. The van der Waals surface area contributed by atoms with Gasteiger partial charge in [0.25, 0.3) is 6.43 Å². The average Bonchev–Trinajstić information content (AvgIpc) is 3.26. The van der Waals surface area contributed by atoms with Gasteiger partial charge < -0.3 is 20.1 Å². The number of anilines is 2. The molecule has 4 aliphatic carbocycles. The van der Waals surface area contributed by atoms with Gasteiger partial charge in [-0.25, -0.2) is 13.8 Å². The number of alkyl halides is 2. The second-order valence-corrected chi connectivity index (χ2v) is 11.0. The molecule has 1 aromatic carbocycles. The lowest BCUT2D eigenvalue weighted by Crippen LogP contribution is -2.59. The summed E-state index contributed by atoms with van der Waals surface area (Å²) >= 11 is 0. The summed E-state index contributed by atoms with van der Waals surface area (Å²) < 4.78 is 35.2. The highest BCUT2D eigenvalue weighted by atomic mass is 19.3. The first-order valence-corrected chi connectivity index (χ1v) is 12.9. The highest BCUT2D eigenvalue weighted by Gasteiger charge is 2.54. The zero-order chi connectivity index (χ0) is 24.4. The summed E-state index contributed by atoms with van der Waals surface area (Å²) in [5.74, 6) is 2.50. The molecule has 1 saturated heterocycles. The van der Waals surface area contributed by atoms with Crippen molar-refractivity contribution in [3.8, 4) is 5.82 Å². The third-order valence-electron chi connectivity index (χ3n) is 8.58. The fourth-order valence-corrected chi connectivity index (χ4v) is 7.35. The molecule has 190 valence electrons. The molecule has 0 amide bonds. The number of hydrogen-bond donors (Lipinski definition) is 2. The molecule has 0 radical (unpaired) electrons. The number of halogens is 2. The Morgan fingerprint density at radius 3 is 2.44 bits per heavy atom. The van der Waals surface area contributed by atoms with Crippen LogP contribution in [0.2, 0.25) is 0 Å². The van der Waals surface area contributed by atoms with Gasteiger partial charge in [-0.05, 0) is 62.0 Å². The van der Waals surface area contributed by atoms with Crippen molar-refractivity contribution in [3.05, 3.63) is 36.2 Å². The van der Waals surface area contributed by atoms with Crippen LogP contribution in [0.15, 0.2) is 30.3 Å². The number of hydrogen-bond acceptors (Lipinski definition) is 7. The van der Waals surface area contributed by atoms with E-state index in [9.17, 15) is 13.9 Å². The summed E-state index contributed by atoms with van der Waals surface area (Å²) in [6, 6.07) is 9.08. The third-order valence-corrected chi connectivity index (χ3v) is 8.58. The number of para-hydroxylation sites is 2. The zero-order valence-corrected chi connectivity index (χ0v) is 20.0. The van der Waals surface area contributed by atoms with Crippen LogP contribution in [0.3, 0.4) is 0 Å². The van der Waals surface area contributed by atoms with Gasteiger partial charge in [0, 0.05) is 25.2 Å². The number of aliphatic hydroxyl groups is 1. The van der Waals surface area contributed by atoms with Gasteiger partial charge in [-0.3, -0.25) is 4.57 Å². The Kier molecular flexibility index (Phi) is 5.18. The van der Waals surface area contributed by atoms with Crippen molar-refractivity contribution in [2.75, 3.05) is 36.5 Å². The van der Waals surface area contributed by atoms with E-state index in [-0.39, 0.29) is 11.9 Å². The standard InChI is InChI=1S/C26H30F2N6O2/c27-23(28)24-29-18-3-1-2-4-19(18)34(24)21-11-20(33-5-7-36-8-6-33)30-25(31-21)32-22-16-9-15-10-17(22)14-26(35,12-15)13-16/h1-4,11,15-17,22-23,35H,5-10,12-14H2,(H,30,31,32)/t15?,16-,17+,22-,26-. The van der Waals surface area contributed by atoms with Gasteiger partial charge in [-0.15, -0.1) is 0 Å². The maximum absolute atomic E-state index is 14.1. The Bertz CT molecular complexity index is 1280. The Balaban J connectivity index is 1.31. The van der Waals surface area contributed by atoms with Crippen molar-refractivity contribution < 1.29 is 18.6 Å². The van der Waals surface area contributed by atoms with Gasteiger partial charge in [0.1, 0.15) is 11.6 Å². The fourth-order valence-electron chi connectivity index (χ4n) is 7.35. The van der Waals surface area contributed by atoms with E-state index in [1.807, 2.05) is 6.07 Å². The SMILES string of the molecule is O[C@]12CC3C[C@H](C1)[C@@H](Nc1nc(N4CCOCC4)cc(-n4c(C(F)F)nc5ccccc54)n1)[C@@H](C3)C2. The smallest absolute Gasteiger partial charge is 0.296 e. The monoisotopic (exact) mass is 496 g/mol. The molecule has 1 unspecified atom stereocenters. The van der Waals surface area contributed by atoms with E-state index in [1.165, 1.54) is 4.57 Å². The van der Waals surface area contributed by atoms with E-state index >= 15 is 0 Å². The van der Waals surface area contributed by atoms with Gasteiger partial charge in [-0.1, -0.05) is 12.1 Å². The molecule has 2 aromatic heterocycles. The molecule has 5 fully saturated rings. The highest BCUT2D eigenvalue weighted by Crippen LogP contribution is 2.56. The molecular weight excluding hydrogens is 466 g/mol. The summed E-state index contributed by atoms with van der Waals surface area (Å²) in [5, 5.41) is 14.6. The first-order valence-electron chi connectivity index (χ1n) is 12.9. The van der Waals surface area contributed by atoms with Crippen LogP contribution in [0.5, 0.6) is 0 Å². The molecular formula is C26H30F2N6O2. The summed E-state index contributed by atoms with van der Waals surface area (Å²) in [6.45, 7) is 2.52. The molecule has 36 heavy (non-hydrogen) atoms. The van der Waals surface area contributed by atoms with E-state index in [0.29, 0.717) is 72.7 Å². The van der Waals surface area contributed by atoms with Gasteiger partial charge >= 0.3 is 0 Å². The van der Waals surface area contributed by atoms with Crippen molar-refractivity contribution in [1.29, 1.82) is 0 Å². The minimum atomic E-state index is -2.75. The summed E-state index contributed by atoms with van der Waals surface area (Å²) in [7, 11) is 0. The number of benzene rings is 1. The number of nitrogens with one attached hydrogen (secondary N) is 1. The van der Waals surface area contributed by atoms with Crippen molar-refractivity contribution in [2.24, 2.45) is 17.8 Å². The lowest BCUT2D eigenvalue weighted by Gasteiger charge is -2.58. The van der Waals surface area contributed by atoms with E-state index in [0.717, 1.165) is 32.1 Å². The summed E-state index contributed by atoms with van der Waals surface area (Å²) in [4.78, 5) is 16.0. The molecule has 0 spiro atoms. The van der Waals surface area contributed by atoms with Crippen molar-refractivity contribution in [2.45, 2.75) is 50.2 Å². The molecule has 8 rings (SSSR count). The number of morpholine rings is 1. The average molecular weight is 497 g/mol. The molecule has 5 aliphatic rings. The quantitative estimate of drug-likeness (QED) is 0.553. The number of imidazole rings is 1. The minimum Gasteiger partial charge on any atom is -0.390 e. The zero-order valence-electron chi connectivity index (χ0n) is 20.0. The Morgan fingerprint density at radius 2 is 1.72 bits per heavy atom. The number of aromatic nitrogens is 4. The molecule has 2 N–H and O–H groups in total. The topological polar surface area (TPSA) is 88.3 Å². The van der Waals surface area contributed by atoms with Crippen molar-refractivity contribution >= 4 is 22.8 Å². The van der Waals surface area contributed by atoms with Crippen LogP contribution in [-0.4, -0.2) is 62.6 Å². The van der Waals surface area contributed by atoms with Gasteiger partial charge in [0.2, 0.25) is 5.95 Å². The van der Waals surface area contributed by atoms with Crippen LogP contribution >= 0.6 is 0 Å². The third kappa shape index (κ3) is 3.73. The highest BCUT2D eigenvalue weighted by molar-refractivity contribution is 5.78. The van der Waals surface area contributed by atoms with E-state index in [4.69, 9.17) is 14.7 Å². The molecule has 8 nitrogen and oxygen atoms in total. The van der Waals surface area contributed by atoms with Crippen LogP contribution in [0.4, 0.5) is 20.5 Å². The Hall–Kier alpha value is -2.85.